The fraction of sp³-hybridized carbons (Fsp3) is 1.00. The van der Waals surface area contributed by atoms with E-state index in [1.807, 2.05) is 0 Å². The molecule has 4 atom stereocenters. The van der Waals surface area contributed by atoms with Crippen LogP contribution in [0.25, 0.3) is 0 Å². The molecular weight excluding hydrogens is 294 g/mol. The summed E-state index contributed by atoms with van der Waals surface area (Å²) >= 11 is 0. The molecule has 1 heterocycles. The summed E-state index contributed by atoms with van der Waals surface area (Å²) < 4.78 is 10.6. The number of hydrogen-bond donors (Lipinski definition) is 5. The lowest BCUT2D eigenvalue weighted by molar-refractivity contribution is 0.159. The van der Waals surface area contributed by atoms with Crippen molar-refractivity contribution in [1.29, 1.82) is 0 Å². The molecule has 1 rings (SSSR count). The zero-order valence-corrected chi connectivity index (χ0v) is 15.3. The van der Waals surface area contributed by atoms with Crippen molar-refractivity contribution < 1.29 is 9.47 Å². The fourth-order valence-electron chi connectivity index (χ4n) is 2.64. The Labute approximate surface area is 141 Å². The second-order valence-corrected chi connectivity index (χ2v) is 6.49. The lowest BCUT2D eigenvalue weighted by atomic mass is 10.2. The van der Waals surface area contributed by atoms with Crippen molar-refractivity contribution in [2.75, 3.05) is 66.7 Å². The van der Waals surface area contributed by atoms with E-state index in [1.54, 1.807) is 14.2 Å². The molecule has 5 N–H and O–H groups in total. The molecule has 1 aliphatic rings. The first-order valence-corrected chi connectivity index (χ1v) is 8.77. The lowest BCUT2D eigenvalue weighted by Gasteiger charge is -2.24. The highest BCUT2D eigenvalue weighted by atomic mass is 16.5. The molecule has 0 bridgehead atoms. The van der Waals surface area contributed by atoms with Crippen LogP contribution in [0.1, 0.15) is 13.8 Å². The van der Waals surface area contributed by atoms with Crippen molar-refractivity contribution in [2.45, 2.75) is 38.0 Å². The Morgan fingerprint density at radius 2 is 1.26 bits per heavy atom. The van der Waals surface area contributed by atoms with Crippen molar-refractivity contribution in [3.05, 3.63) is 0 Å². The van der Waals surface area contributed by atoms with Crippen LogP contribution in [0.2, 0.25) is 0 Å². The van der Waals surface area contributed by atoms with Crippen LogP contribution in [-0.4, -0.2) is 90.9 Å². The highest BCUT2D eigenvalue weighted by Crippen LogP contribution is 1.91. The van der Waals surface area contributed by atoms with E-state index in [0.29, 0.717) is 30.8 Å². The minimum Gasteiger partial charge on any atom is -0.383 e. The second kappa shape index (κ2) is 13.1. The van der Waals surface area contributed by atoms with Gasteiger partial charge >= 0.3 is 0 Å². The summed E-state index contributed by atoms with van der Waals surface area (Å²) in [5, 5.41) is 17.8. The molecule has 0 spiro atoms. The van der Waals surface area contributed by atoms with E-state index in [2.05, 4.69) is 40.4 Å². The molecule has 0 radical (unpaired) electrons. The minimum atomic E-state index is 0.324. The number of ether oxygens (including phenoxy) is 2. The molecule has 0 amide bonds. The van der Waals surface area contributed by atoms with Gasteiger partial charge in [0, 0.05) is 77.7 Å². The van der Waals surface area contributed by atoms with Gasteiger partial charge in [0.1, 0.15) is 0 Å². The zero-order chi connectivity index (χ0) is 16.9. The molecule has 0 aromatic rings. The largest absolute Gasteiger partial charge is 0.383 e. The van der Waals surface area contributed by atoms with Gasteiger partial charge in [-0.2, -0.15) is 0 Å². The average molecular weight is 332 g/mol. The lowest BCUT2D eigenvalue weighted by Crippen LogP contribution is -2.50. The summed E-state index contributed by atoms with van der Waals surface area (Å²) in [7, 11) is 3.51. The highest BCUT2D eigenvalue weighted by molar-refractivity contribution is 4.78. The van der Waals surface area contributed by atoms with Crippen LogP contribution in [0.15, 0.2) is 0 Å². The summed E-state index contributed by atoms with van der Waals surface area (Å²) in [5.41, 5.74) is 0. The van der Waals surface area contributed by atoms with Crippen LogP contribution >= 0.6 is 0 Å². The molecule has 0 unspecified atom stereocenters. The highest BCUT2D eigenvalue weighted by Gasteiger charge is 2.14. The van der Waals surface area contributed by atoms with Crippen LogP contribution in [0.5, 0.6) is 0 Å². The van der Waals surface area contributed by atoms with Crippen molar-refractivity contribution >= 4 is 0 Å². The number of hydrogen-bond acceptors (Lipinski definition) is 7. The number of methoxy groups -OCH3 is 2. The van der Waals surface area contributed by atoms with Crippen LogP contribution in [0.4, 0.5) is 0 Å². The molecule has 23 heavy (non-hydrogen) atoms. The molecule has 138 valence electrons. The Balaban J connectivity index is 2.52. The van der Waals surface area contributed by atoms with Crippen LogP contribution in [0, 0.1) is 0 Å². The van der Waals surface area contributed by atoms with E-state index >= 15 is 0 Å². The Morgan fingerprint density at radius 3 is 1.87 bits per heavy atom. The van der Waals surface area contributed by atoms with Crippen LogP contribution in [-0.2, 0) is 9.47 Å². The molecule has 7 nitrogen and oxygen atoms in total. The third-order valence-corrected chi connectivity index (χ3v) is 4.06. The third-order valence-electron chi connectivity index (χ3n) is 4.06. The predicted molar refractivity (Wildman–Crippen MR) is 95.1 cm³/mol. The maximum atomic E-state index is 5.32. The first-order chi connectivity index (χ1) is 11.2. The minimum absolute atomic E-state index is 0.324. The average Bonchev–Trinajstić information content (AvgIpc) is 2.54. The van der Waals surface area contributed by atoms with Gasteiger partial charge in [-0.15, -0.1) is 0 Å². The second-order valence-electron chi connectivity index (χ2n) is 6.49. The Bertz CT molecular complexity index is 283. The Hall–Kier alpha value is -0.280. The van der Waals surface area contributed by atoms with E-state index < -0.39 is 0 Å². The van der Waals surface area contributed by atoms with Gasteiger partial charge in [-0.1, -0.05) is 0 Å². The van der Waals surface area contributed by atoms with Gasteiger partial charge in [0.2, 0.25) is 0 Å². The van der Waals surface area contributed by atoms with Gasteiger partial charge < -0.3 is 36.1 Å². The van der Waals surface area contributed by atoms with Crippen LogP contribution < -0.4 is 26.6 Å². The van der Waals surface area contributed by atoms with Crippen molar-refractivity contribution in [2.24, 2.45) is 0 Å². The molecule has 1 saturated heterocycles. The van der Waals surface area contributed by atoms with E-state index in [4.69, 9.17) is 9.47 Å². The maximum Gasteiger partial charge on any atom is 0.0628 e. The van der Waals surface area contributed by atoms with Gasteiger partial charge in [-0.25, -0.2) is 0 Å². The molecular formula is C16H37N5O2. The summed E-state index contributed by atoms with van der Waals surface area (Å²) in [5.74, 6) is 0. The van der Waals surface area contributed by atoms with Gasteiger partial charge in [0.05, 0.1) is 13.2 Å². The zero-order valence-electron chi connectivity index (χ0n) is 15.3. The number of nitrogens with one attached hydrogen (secondary N) is 5. The molecule has 0 aliphatic carbocycles. The molecule has 7 heteroatoms. The first kappa shape index (κ1) is 20.8. The van der Waals surface area contributed by atoms with Gasteiger partial charge in [0.25, 0.3) is 0 Å². The first-order valence-electron chi connectivity index (χ1n) is 8.77. The molecule has 1 fully saturated rings. The molecule has 0 aromatic carbocycles. The quantitative estimate of drug-likeness (QED) is 0.441. The van der Waals surface area contributed by atoms with Gasteiger partial charge in [-0.3, -0.25) is 0 Å². The summed E-state index contributed by atoms with van der Waals surface area (Å²) in [6, 6.07) is 1.49. The summed E-state index contributed by atoms with van der Waals surface area (Å²) in [6.07, 6.45) is 0. The maximum absolute atomic E-state index is 5.32. The van der Waals surface area contributed by atoms with Crippen molar-refractivity contribution in [3.8, 4) is 0 Å². The fourth-order valence-corrected chi connectivity index (χ4v) is 2.64. The summed E-state index contributed by atoms with van der Waals surface area (Å²) in [4.78, 5) is 0. The van der Waals surface area contributed by atoms with E-state index in [1.165, 1.54) is 0 Å². The van der Waals surface area contributed by atoms with Gasteiger partial charge in [0.15, 0.2) is 0 Å². The Morgan fingerprint density at radius 1 is 0.696 bits per heavy atom. The summed E-state index contributed by atoms with van der Waals surface area (Å²) in [6.45, 7) is 11.5. The number of rotatable bonds is 4. The standard InChI is InChI=1S/C16H37N5O2/c1-13-7-21-16(12-23-4)10-19-14(2)8-20-15(11-22-3)9-17-5-6-18-13/h13-21H,5-12H2,1-4H3/t13-,14-,15-,16-/m0/s1. The van der Waals surface area contributed by atoms with Gasteiger partial charge in [-0.05, 0) is 13.8 Å². The molecule has 0 saturated carbocycles. The SMILES string of the molecule is COC[C@@H]1CNCCN[C@@H](C)CN[C@H](COC)CN[C@@H](C)CN1. The third kappa shape index (κ3) is 10.2. The topological polar surface area (TPSA) is 78.6 Å². The van der Waals surface area contributed by atoms with E-state index in [-0.39, 0.29) is 0 Å². The van der Waals surface area contributed by atoms with E-state index in [9.17, 15) is 0 Å². The van der Waals surface area contributed by atoms with Crippen LogP contribution in [0.3, 0.4) is 0 Å². The van der Waals surface area contributed by atoms with Crippen molar-refractivity contribution in [3.63, 3.8) is 0 Å². The molecule has 0 aromatic heterocycles. The monoisotopic (exact) mass is 331 g/mol. The predicted octanol–water partition coefficient (Wildman–Crippen LogP) is -1.24. The van der Waals surface area contributed by atoms with E-state index in [0.717, 1.165) is 45.9 Å². The molecule has 1 aliphatic heterocycles. The Kier molecular flexibility index (Phi) is 11.8. The van der Waals surface area contributed by atoms with Crippen molar-refractivity contribution in [1.82, 2.24) is 26.6 Å². The smallest absolute Gasteiger partial charge is 0.0628 e. The normalized spacial score (nSPS) is 32.9.